The second-order valence-corrected chi connectivity index (χ2v) is 6.29. The number of carbonyl (C=O) groups is 1. The molecule has 1 fully saturated rings. The molecule has 144 valence electrons. The van der Waals surface area contributed by atoms with Crippen molar-refractivity contribution in [3.63, 3.8) is 0 Å². The number of aryl methyl sites for hydroxylation is 1. The van der Waals surface area contributed by atoms with Crippen molar-refractivity contribution in [3.8, 4) is 0 Å². The number of amides is 1. The lowest BCUT2D eigenvalue weighted by Crippen LogP contribution is -2.47. The summed E-state index contributed by atoms with van der Waals surface area (Å²) in [6, 6.07) is 8.20. The highest BCUT2D eigenvalue weighted by Crippen LogP contribution is 2.16. The number of carbonyl (C=O) groups excluding carboxylic acids is 1. The molecule has 27 heavy (non-hydrogen) atoms. The van der Waals surface area contributed by atoms with Crippen LogP contribution in [0.1, 0.15) is 18.3 Å². The lowest BCUT2D eigenvalue weighted by molar-refractivity contribution is -0.120. The SMILES string of the molecule is CCNC(=NCc1ccc(N2CCNC(=O)C2)cc1)NCc1ncnn1C. The molecule has 3 rings (SSSR count). The van der Waals surface area contributed by atoms with Gasteiger partial charge in [0.25, 0.3) is 0 Å². The zero-order valence-electron chi connectivity index (χ0n) is 15.8. The first kappa shape index (κ1) is 18.7. The van der Waals surface area contributed by atoms with Crippen LogP contribution in [0.25, 0.3) is 0 Å². The van der Waals surface area contributed by atoms with Crippen molar-refractivity contribution in [2.24, 2.45) is 12.0 Å². The van der Waals surface area contributed by atoms with Gasteiger partial charge in [0, 0.05) is 32.4 Å². The van der Waals surface area contributed by atoms with E-state index in [1.54, 1.807) is 4.68 Å². The van der Waals surface area contributed by atoms with Crippen LogP contribution in [0.5, 0.6) is 0 Å². The van der Waals surface area contributed by atoms with Gasteiger partial charge in [0.1, 0.15) is 12.2 Å². The molecule has 1 aliphatic heterocycles. The number of nitrogens with one attached hydrogen (secondary N) is 3. The van der Waals surface area contributed by atoms with Crippen LogP contribution in [-0.2, 0) is 24.9 Å². The highest BCUT2D eigenvalue weighted by Gasteiger charge is 2.16. The van der Waals surface area contributed by atoms with E-state index in [2.05, 4.69) is 48.1 Å². The maximum atomic E-state index is 11.5. The number of piperazine rings is 1. The minimum atomic E-state index is 0.0687. The molecular weight excluding hydrogens is 344 g/mol. The van der Waals surface area contributed by atoms with Crippen molar-refractivity contribution in [3.05, 3.63) is 42.0 Å². The Kier molecular flexibility index (Phi) is 6.24. The summed E-state index contributed by atoms with van der Waals surface area (Å²) in [5.41, 5.74) is 2.17. The molecule has 2 heterocycles. The molecule has 2 aromatic rings. The van der Waals surface area contributed by atoms with Gasteiger partial charge in [-0.1, -0.05) is 12.1 Å². The topological polar surface area (TPSA) is 99.5 Å². The monoisotopic (exact) mass is 370 g/mol. The first-order chi connectivity index (χ1) is 13.2. The molecule has 0 unspecified atom stereocenters. The van der Waals surface area contributed by atoms with Gasteiger partial charge in [-0.15, -0.1) is 0 Å². The van der Waals surface area contributed by atoms with Crippen LogP contribution in [0, 0.1) is 0 Å². The van der Waals surface area contributed by atoms with Gasteiger partial charge in [-0.2, -0.15) is 5.10 Å². The number of anilines is 1. The summed E-state index contributed by atoms with van der Waals surface area (Å²) in [5.74, 6) is 1.65. The minimum Gasteiger partial charge on any atom is -0.360 e. The fourth-order valence-corrected chi connectivity index (χ4v) is 2.83. The van der Waals surface area contributed by atoms with Crippen molar-refractivity contribution in [2.45, 2.75) is 20.0 Å². The van der Waals surface area contributed by atoms with Crippen LogP contribution in [0.15, 0.2) is 35.6 Å². The van der Waals surface area contributed by atoms with E-state index < -0.39 is 0 Å². The summed E-state index contributed by atoms with van der Waals surface area (Å²) in [6.45, 7) is 5.86. The second-order valence-electron chi connectivity index (χ2n) is 6.29. The van der Waals surface area contributed by atoms with E-state index in [1.165, 1.54) is 6.33 Å². The smallest absolute Gasteiger partial charge is 0.239 e. The maximum Gasteiger partial charge on any atom is 0.239 e. The number of rotatable bonds is 6. The first-order valence-corrected chi connectivity index (χ1v) is 9.11. The van der Waals surface area contributed by atoms with Crippen LogP contribution >= 0.6 is 0 Å². The van der Waals surface area contributed by atoms with Gasteiger partial charge >= 0.3 is 0 Å². The van der Waals surface area contributed by atoms with E-state index in [-0.39, 0.29) is 5.91 Å². The van der Waals surface area contributed by atoms with Crippen molar-refractivity contribution in [1.82, 2.24) is 30.7 Å². The molecule has 1 aromatic heterocycles. The number of aromatic nitrogens is 3. The molecule has 9 nitrogen and oxygen atoms in total. The molecule has 0 aliphatic carbocycles. The van der Waals surface area contributed by atoms with E-state index in [4.69, 9.17) is 0 Å². The largest absolute Gasteiger partial charge is 0.360 e. The van der Waals surface area contributed by atoms with Crippen molar-refractivity contribution in [2.75, 3.05) is 31.1 Å². The van der Waals surface area contributed by atoms with Crippen LogP contribution < -0.4 is 20.9 Å². The standard InChI is InChI=1S/C18H26N8O/c1-3-19-18(22-11-16-23-13-24-25(16)2)21-10-14-4-6-15(7-5-14)26-9-8-20-17(27)12-26/h4-7,13H,3,8-12H2,1-2H3,(H,20,27)(H2,19,21,22). The Hall–Kier alpha value is -3.10. The van der Waals surface area contributed by atoms with Gasteiger partial charge in [0.05, 0.1) is 19.6 Å². The number of hydrogen-bond acceptors (Lipinski definition) is 5. The Balaban J connectivity index is 1.58. The fourth-order valence-electron chi connectivity index (χ4n) is 2.83. The third-order valence-electron chi connectivity index (χ3n) is 4.32. The van der Waals surface area contributed by atoms with Crippen molar-refractivity contribution < 1.29 is 4.79 Å². The van der Waals surface area contributed by atoms with Gasteiger partial charge in [-0.25, -0.2) is 9.98 Å². The summed E-state index contributed by atoms with van der Waals surface area (Å²) in [4.78, 5) is 22.4. The molecule has 0 atom stereocenters. The fraction of sp³-hybridized carbons (Fsp3) is 0.444. The van der Waals surface area contributed by atoms with Crippen LogP contribution in [0.2, 0.25) is 0 Å². The minimum absolute atomic E-state index is 0.0687. The Morgan fingerprint density at radius 2 is 2.11 bits per heavy atom. The van der Waals surface area contributed by atoms with Gasteiger partial charge in [-0.3, -0.25) is 9.48 Å². The summed E-state index contributed by atoms with van der Waals surface area (Å²) in [6.07, 6.45) is 1.54. The summed E-state index contributed by atoms with van der Waals surface area (Å²) in [7, 11) is 1.86. The Morgan fingerprint density at radius 3 is 2.78 bits per heavy atom. The predicted octanol–water partition coefficient (Wildman–Crippen LogP) is 0.00660. The van der Waals surface area contributed by atoms with Gasteiger partial charge in [0.2, 0.25) is 5.91 Å². The van der Waals surface area contributed by atoms with Gasteiger partial charge < -0.3 is 20.9 Å². The second kappa shape index (κ2) is 9.02. The summed E-state index contributed by atoms with van der Waals surface area (Å²) in [5, 5.41) is 13.4. The van der Waals surface area contributed by atoms with E-state index >= 15 is 0 Å². The number of nitrogens with zero attached hydrogens (tertiary/aromatic N) is 5. The molecule has 1 amide bonds. The molecule has 0 saturated carbocycles. The van der Waals surface area contributed by atoms with E-state index in [0.717, 1.165) is 36.1 Å². The van der Waals surface area contributed by atoms with Crippen molar-refractivity contribution in [1.29, 1.82) is 0 Å². The number of aliphatic imine (C=N–C) groups is 1. The van der Waals surface area contributed by atoms with E-state index in [9.17, 15) is 4.79 Å². The summed E-state index contributed by atoms with van der Waals surface area (Å²) >= 11 is 0. The van der Waals surface area contributed by atoms with Crippen LogP contribution in [0.3, 0.4) is 0 Å². The number of benzene rings is 1. The maximum absolute atomic E-state index is 11.5. The van der Waals surface area contributed by atoms with Crippen LogP contribution in [-0.4, -0.2) is 52.8 Å². The Labute approximate surface area is 158 Å². The normalized spacial score (nSPS) is 14.8. The van der Waals surface area contributed by atoms with Gasteiger partial charge in [-0.05, 0) is 24.6 Å². The highest BCUT2D eigenvalue weighted by molar-refractivity contribution is 5.82. The Bertz CT molecular complexity index is 783. The average Bonchev–Trinajstić information content (AvgIpc) is 3.09. The zero-order chi connectivity index (χ0) is 19.1. The summed E-state index contributed by atoms with van der Waals surface area (Å²) < 4.78 is 1.73. The molecule has 3 N–H and O–H groups in total. The number of guanidine groups is 1. The zero-order valence-corrected chi connectivity index (χ0v) is 15.8. The predicted molar refractivity (Wildman–Crippen MR) is 104 cm³/mol. The molecular formula is C18H26N8O. The molecule has 1 aromatic carbocycles. The molecule has 1 saturated heterocycles. The lowest BCUT2D eigenvalue weighted by Gasteiger charge is -2.28. The molecule has 1 aliphatic rings. The molecule has 0 radical (unpaired) electrons. The molecule has 9 heteroatoms. The third kappa shape index (κ3) is 5.19. The van der Waals surface area contributed by atoms with E-state index in [1.807, 2.05) is 26.1 Å². The lowest BCUT2D eigenvalue weighted by atomic mass is 10.2. The van der Waals surface area contributed by atoms with Gasteiger partial charge in [0.15, 0.2) is 5.96 Å². The number of hydrogen-bond donors (Lipinski definition) is 3. The highest BCUT2D eigenvalue weighted by atomic mass is 16.2. The quantitative estimate of drug-likeness (QED) is 0.489. The molecule has 0 bridgehead atoms. The van der Waals surface area contributed by atoms with Crippen molar-refractivity contribution >= 4 is 17.6 Å². The Morgan fingerprint density at radius 1 is 1.30 bits per heavy atom. The van der Waals surface area contributed by atoms with Crippen LogP contribution in [0.4, 0.5) is 5.69 Å². The average molecular weight is 370 g/mol. The van der Waals surface area contributed by atoms with E-state index in [0.29, 0.717) is 26.2 Å². The first-order valence-electron chi connectivity index (χ1n) is 9.11. The molecule has 0 spiro atoms. The third-order valence-corrected chi connectivity index (χ3v) is 4.32.